The molecule has 1 unspecified atom stereocenters. The molecule has 180 valence electrons. The summed E-state index contributed by atoms with van der Waals surface area (Å²) < 4.78 is 34.0. The summed E-state index contributed by atoms with van der Waals surface area (Å²) in [5.74, 6) is 0.563. The number of benzene rings is 4. The monoisotopic (exact) mass is 497 g/mol. The van der Waals surface area contributed by atoms with Crippen LogP contribution in [0.4, 0.5) is 0 Å². The molecule has 0 bridgehead atoms. The molecule has 0 aliphatic heterocycles. The normalized spacial score (nSPS) is 12.9. The van der Waals surface area contributed by atoms with Crippen LogP contribution in [0.1, 0.15) is 17.4 Å². The lowest BCUT2D eigenvalue weighted by Crippen LogP contribution is -2.30. The number of aryl methyl sites for hydroxylation is 1. The molecular weight excluding hydrogens is 474 g/mol. The summed E-state index contributed by atoms with van der Waals surface area (Å²) >= 11 is 0. The van der Waals surface area contributed by atoms with Crippen LogP contribution in [-0.4, -0.2) is 29.1 Å². The van der Waals surface area contributed by atoms with Crippen LogP contribution in [-0.2, 0) is 10.0 Å². The van der Waals surface area contributed by atoms with E-state index in [1.807, 2.05) is 85.8 Å². The van der Waals surface area contributed by atoms with Crippen LogP contribution >= 0.6 is 0 Å². The minimum Gasteiger partial charge on any atom is -0.463 e. The lowest BCUT2D eigenvalue weighted by molar-refractivity contribution is 0.188. The van der Waals surface area contributed by atoms with Gasteiger partial charge in [-0.2, -0.15) is 23.0 Å². The Balaban J connectivity index is 1.66. The number of hydrogen-bond acceptors (Lipinski definition) is 6. The largest absolute Gasteiger partial charge is 0.463 e. The number of hydrogen-bond donors (Lipinski definition) is 1. The van der Waals surface area contributed by atoms with Crippen LogP contribution in [0.5, 0.6) is 5.75 Å². The first-order valence-corrected chi connectivity index (χ1v) is 12.7. The molecule has 0 aliphatic rings. The van der Waals surface area contributed by atoms with Crippen molar-refractivity contribution in [3.63, 3.8) is 0 Å². The Morgan fingerprint density at radius 1 is 0.861 bits per heavy atom. The van der Waals surface area contributed by atoms with E-state index in [0.29, 0.717) is 28.1 Å². The molecule has 4 aromatic carbocycles. The van der Waals surface area contributed by atoms with Gasteiger partial charge in [-0.3, -0.25) is 0 Å². The van der Waals surface area contributed by atoms with Crippen molar-refractivity contribution in [2.75, 3.05) is 0 Å². The zero-order chi connectivity index (χ0) is 25.0. The third-order valence-corrected chi connectivity index (χ3v) is 6.74. The van der Waals surface area contributed by atoms with Gasteiger partial charge in [0.25, 0.3) is 10.0 Å². The topological polar surface area (TPSA) is 98.5 Å². The van der Waals surface area contributed by atoms with E-state index in [1.54, 1.807) is 22.9 Å². The predicted molar refractivity (Wildman–Crippen MR) is 138 cm³/mol. The number of hydrazone groups is 1. The number of rotatable bonds is 8. The van der Waals surface area contributed by atoms with E-state index in [0.717, 1.165) is 5.56 Å². The molecule has 0 amide bonds. The second-order valence-electron chi connectivity index (χ2n) is 8.08. The van der Waals surface area contributed by atoms with E-state index in [2.05, 4.69) is 20.2 Å². The Morgan fingerprint density at radius 2 is 1.50 bits per heavy atom. The lowest BCUT2D eigenvalue weighted by Gasteiger charge is -2.22. The first-order valence-electron chi connectivity index (χ1n) is 11.2. The molecule has 1 aromatic heterocycles. The van der Waals surface area contributed by atoms with Gasteiger partial charge in [-0.25, -0.2) is 0 Å². The maximum absolute atomic E-state index is 13.0. The zero-order valence-electron chi connectivity index (χ0n) is 19.4. The predicted octanol–water partition coefficient (Wildman–Crippen LogP) is 4.70. The minimum absolute atomic E-state index is 0.101. The summed E-state index contributed by atoms with van der Waals surface area (Å²) in [6, 6.07) is 32.3. The van der Waals surface area contributed by atoms with Gasteiger partial charge >= 0.3 is 0 Å². The van der Waals surface area contributed by atoms with Gasteiger partial charge in [0.2, 0.25) is 6.23 Å². The molecule has 0 saturated heterocycles. The molecule has 5 rings (SSSR count). The molecule has 0 radical (unpaired) electrons. The lowest BCUT2D eigenvalue weighted by atomic mass is 10.1. The molecule has 36 heavy (non-hydrogen) atoms. The Labute approximate surface area is 208 Å². The van der Waals surface area contributed by atoms with E-state index < -0.39 is 16.3 Å². The molecule has 1 heterocycles. The van der Waals surface area contributed by atoms with Gasteiger partial charge in [-0.1, -0.05) is 83.6 Å². The standard InChI is InChI=1S/C27H23N5O3S/c1-20-16-18-21(19-17-20)26(29-31-36(33,34)23-12-6-3-7-13-23)27(35-22-10-4-2-5-11-22)32-25-15-9-8-14-24(25)28-30-32/h2-19,27,31H,1H3. The van der Waals surface area contributed by atoms with E-state index in [-0.39, 0.29) is 4.90 Å². The van der Waals surface area contributed by atoms with Gasteiger partial charge in [0.1, 0.15) is 17.0 Å². The average molecular weight is 498 g/mol. The molecular formula is C27H23N5O3S. The summed E-state index contributed by atoms with van der Waals surface area (Å²) in [5.41, 5.74) is 3.41. The molecule has 8 nitrogen and oxygen atoms in total. The Kier molecular flexibility index (Phi) is 6.46. The van der Waals surface area contributed by atoms with Crippen molar-refractivity contribution in [2.24, 2.45) is 5.10 Å². The first kappa shape index (κ1) is 23.3. The molecule has 1 atom stereocenters. The highest BCUT2D eigenvalue weighted by Crippen LogP contribution is 2.25. The van der Waals surface area contributed by atoms with Gasteiger partial charge in [0.15, 0.2) is 0 Å². The molecule has 0 spiro atoms. The van der Waals surface area contributed by atoms with Gasteiger partial charge in [0, 0.05) is 5.56 Å². The third kappa shape index (κ3) is 4.96. The highest BCUT2D eigenvalue weighted by molar-refractivity contribution is 7.89. The number of aromatic nitrogens is 3. The van der Waals surface area contributed by atoms with Crippen LogP contribution in [0.25, 0.3) is 11.0 Å². The summed E-state index contributed by atoms with van der Waals surface area (Å²) in [5, 5.41) is 13.0. The molecule has 9 heteroatoms. The van der Waals surface area contributed by atoms with E-state index in [1.165, 1.54) is 12.1 Å². The second-order valence-corrected chi connectivity index (χ2v) is 9.74. The van der Waals surface area contributed by atoms with Crippen LogP contribution in [0.3, 0.4) is 0 Å². The fraction of sp³-hybridized carbons (Fsp3) is 0.0741. The Morgan fingerprint density at radius 3 is 2.22 bits per heavy atom. The molecule has 0 saturated carbocycles. The number of fused-ring (bicyclic) bond motifs is 1. The van der Waals surface area contributed by atoms with Crippen molar-refractivity contribution in [1.82, 2.24) is 19.8 Å². The minimum atomic E-state index is -3.93. The maximum atomic E-state index is 13.0. The Bertz CT molecular complexity index is 1600. The number of para-hydroxylation sites is 2. The van der Waals surface area contributed by atoms with E-state index in [4.69, 9.17) is 4.74 Å². The van der Waals surface area contributed by atoms with Crippen molar-refractivity contribution in [3.8, 4) is 5.75 Å². The first-order chi connectivity index (χ1) is 17.5. The number of ether oxygens (including phenoxy) is 1. The van der Waals surface area contributed by atoms with Gasteiger partial charge in [-0.15, -0.1) is 5.10 Å². The number of sulfonamides is 1. The number of nitrogens with zero attached hydrogens (tertiary/aromatic N) is 4. The van der Waals surface area contributed by atoms with Crippen molar-refractivity contribution < 1.29 is 13.2 Å². The SMILES string of the molecule is Cc1ccc(C(=NNS(=O)(=O)c2ccccc2)C(Oc2ccccc2)n2nnc3ccccc32)cc1. The van der Waals surface area contributed by atoms with Crippen molar-refractivity contribution >= 4 is 26.8 Å². The van der Waals surface area contributed by atoms with Crippen LogP contribution in [0.15, 0.2) is 119 Å². The van der Waals surface area contributed by atoms with Gasteiger partial charge < -0.3 is 4.74 Å². The quantitative estimate of drug-likeness (QED) is 0.248. The fourth-order valence-corrected chi connectivity index (χ4v) is 4.50. The molecule has 0 aliphatic carbocycles. The molecule has 1 N–H and O–H groups in total. The fourth-order valence-electron chi connectivity index (χ4n) is 3.66. The zero-order valence-corrected chi connectivity index (χ0v) is 20.2. The molecule has 5 aromatic rings. The maximum Gasteiger partial charge on any atom is 0.276 e. The van der Waals surface area contributed by atoms with Crippen LogP contribution < -0.4 is 9.57 Å². The average Bonchev–Trinajstić information content (AvgIpc) is 3.34. The van der Waals surface area contributed by atoms with Gasteiger partial charge in [0.05, 0.1) is 10.4 Å². The van der Waals surface area contributed by atoms with Gasteiger partial charge in [-0.05, 0) is 43.3 Å². The van der Waals surface area contributed by atoms with E-state index in [9.17, 15) is 8.42 Å². The summed E-state index contributed by atoms with van der Waals surface area (Å²) in [6.45, 7) is 1.97. The number of nitrogens with one attached hydrogen (secondary N) is 1. The van der Waals surface area contributed by atoms with E-state index >= 15 is 0 Å². The highest BCUT2D eigenvalue weighted by atomic mass is 32.2. The smallest absolute Gasteiger partial charge is 0.276 e. The molecule has 0 fully saturated rings. The third-order valence-electron chi connectivity index (χ3n) is 5.51. The van der Waals surface area contributed by atoms with Crippen molar-refractivity contribution in [1.29, 1.82) is 0 Å². The highest BCUT2D eigenvalue weighted by Gasteiger charge is 2.27. The van der Waals surface area contributed by atoms with Crippen molar-refractivity contribution in [2.45, 2.75) is 18.0 Å². The summed E-state index contributed by atoms with van der Waals surface area (Å²) in [7, 11) is -3.93. The summed E-state index contributed by atoms with van der Waals surface area (Å²) in [4.78, 5) is 2.48. The van der Waals surface area contributed by atoms with Crippen LogP contribution in [0.2, 0.25) is 0 Å². The Hall–Kier alpha value is -4.50. The van der Waals surface area contributed by atoms with Crippen molar-refractivity contribution in [3.05, 3.63) is 120 Å². The summed E-state index contributed by atoms with van der Waals surface area (Å²) in [6.07, 6.45) is -0.930. The van der Waals surface area contributed by atoms with Crippen LogP contribution in [0, 0.1) is 6.92 Å². The second kappa shape index (κ2) is 10.0.